The van der Waals surface area contributed by atoms with Crippen LogP contribution in [0, 0.1) is 0 Å². The lowest BCUT2D eigenvalue weighted by molar-refractivity contribution is 0.0600. The molecule has 0 bridgehead atoms. The van der Waals surface area contributed by atoms with Crippen molar-refractivity contribution in [1.82, 2.24) is 14.8 Å². The molecule has 2 aromatic heterocycles. The Balaban J connectivity index is 2.42. The van der Waals surface area contributed by atoms with E-state index in [1.807, 2.05) is 0 Å². The second-order valence-corrected chi connectivity index (χ2v) is 4.06. The van der Waals surface area contributed by atoms with E-state index in [0.29, 0.717) is 21.7 Å². The molecule has 0 amide bonds. The van der Waals surface area contributed by atoms with Gasteiger partial charge in [-0.05, 0) is 28.1 Å². The number of rotatable bonds is 2. The van der Waals surface area contributed by atoms with Crippen molar-refractivity contribution in [2.45, 2.75) is 0 Å². The Labute approximate surface area is 106 Å². The van der Waals surface area contributed by atoms with Gasteiger partial charge in [0.25, 0.3) is 0 Å². The van der Waals surface area contributed by atoms with Gasteiger partial charge in [0.15, 0.2) is 11.6 Å². The van der Waals surface area contributed by atoms with Crippen LogP contribution in [-0.4, -0.2) is 27.8 Å². The molecule has 0 aromatic carbocycles. The number of halogens is 1. The summed E-state index contributed by atoms with van der Waals surface area (Å²) >= 11 is 3.25. The van der Waals surface area contributed by atoms with Gasteiger partial charge in [-0.3, -0.25) is 0 Å². The predicted molar refractivity (Wildman–Crippen MR) is 64.8 cm³/mol. The molecule has 6 nitrogen and oxygen atoms in total. The molecule has 2 N–H and O–H groups in total. The molecule has 88 valence electrons. The van der Waals surface area contributed by atoms with Gasteiger partial charge in [-0.25, -0.2) is 14.5 Å². The van der Waals surface area contributed by atoms with Crippen LogP contribution in [0.5, 0.6) is 0 Å². The zero-order valence-electron chi connectivity index (χ0n) is 8.92. The molecule has 0 radical (unpaired) electrons. The minimum absolute atomic E-state index is 0.357. The summed E-state index contributed by atoms with van der Waals surface area (Å²) in [6.45, 7) is 0. The summed E-state index contributed by atoms with van der Waals surface area (Å²) in [5.74, 6) is 0.424. The van der Waals surface area contributed by atoms with E-state index in [1.165, 1.54) is 18.0 Å². The first kappa shape index (κ1) is 11.6. The molecule has 0 aliphatic carbocycles. The Kier molecular flexibility index (Phi) is 3.10. The van der Waals surface area contributed by atoms with Gasteiger partial charge in [-0.1, -0.05) is 0 Å². The fraction of sp³-hybridized carbons (Fsp3) is 0.100. The molecule has 0 unspecified atom stereocenters. The third kappa shape index (κ3) is 2.28. The number of anilines is 1. The molecular formula is C10H9BrN4O2. The van der Waals surface area contributed by atoms with E-state index in [2.05, 4.69) is 30.7 Å². The lowest BCUT2D eigenvalue weighted by Crippen LogP contribution is -2.05. The minimum Gasteiger partial charge on any atom is -0.465 e. The van der Waals surface area contributed by atoms with Crippen molar-refractivity contribution in [2.24, 2.45) is 0 Å². The monoisotopic (exact) mass is 296 g/mol. The molecule has 7 heteroatoms. The third-order valence-corrected chi connectivity index (χ3v) is 2.71. The van der Waals surface area contributed by atoms with Crippen LogP contribution in [0.3, 0.4) is 0 Å². The van der Waals surface area contributed by atoms with E-state index in [0.717, 1.165) is 0 Å². The van der Waals surface area contributed by atoms with Gasteiger partial charge in [-0.15, -0.1) is 5.10 Å². The highest BCUT2D eigenvalue weighted by Gasteiger charge is 2.09. The maximum atomic E-state index is 11.4. The molecule has 0 saturated carbocycles. The summed E-state index contributed by atoms with van der Waals surface area (Å²) in [4.78, 5) is 15.5. The minimum atomic E-state index is -0.423. The number of pyridine rings is 1. The number of nitrogens with zero attached hydrogens (tertiary/aromatic N) is 3. The first-order valence-corrected chi connectivity index (χ1v) is 5.46. The molecule has 0 aliphatic rings. The normalized spacial score (nSPS) is 10.2. The number of nitrogens with two attached hydrogens (primary N) is 1. The summed E-state index contributed by atoms with van der Waals surface area (Å²) < 4.78 is 6.77. The van der Waals surface area contributed by atoms with Crippen molar-refractivity contribution in [3.63, 3.8) is 0 Å². The average molecular weight is 297 g/mol. The quantitative estimate of drug-likeness (QED) is 0.847. The van der Waals surface area contributed by atoms with Gasteiger partial charge in [0.1, 0.15) is 0 Å². The van der Waals surface area contributed by atoms with Gasteiger partial charge in [-0.2, -0.15) is 0 Å². The average Bonchev–Trinajstić information content (AvgIpc) is 2.69. The Morgan fingerprint density at radius 3 is 2.94 bits per heavy atom. The molecule has 0 aliphatic heterocycles. The molecule has 0 atom stereocenters. The number of methoxy groups -OCH3 is 1. The van der Waals surface area contributed by atoms with Crippen LogP contribution in [-0.2, 0) is 4.74 Å². The number of esters is 1. The molecule has 2 heterocycles. The van der Waals surface area contributed by atoms with Crippen LogP contribution in [0.1, 0.15) is 10.4 Å². The molecule has 17 heavy (non-hydrogen) atoms. The zero-order valence-corrected chi connectivity index (χ0v) is 10.5. The molecule has 2 rings (SSSR count). The number of hydrogen-bond acceptors (Lipinski definition) is 5. The Hall–Kier alpha value is -1.89. The highest BCUT2D eigenvalue weighted by Crippen LogP contribution is 2.19. The van der Waals surface area contributed by atoms with Crippen LogP contribution in [0.4, 0.5) is 5.82 Å². The predicted octanol–water partition coefficient (Wildman–Crippen LogP) is 1.40. The van der Waals surface area contributed by atoms with Gasteiger partial charge in [0.05, 0.1) is 17.1 Å². The Morgan fingerprint density at radius 1 is 1.59 bits per heavy atom. The molecule has 0 spiro atoms. The van der Waals surface area contributed by atoms with E-state index in [1.54, 1.807) is 18.3 Å². The zero-order chi connectivity index (χ0) is 12.4. The smallest absolute Gasteiger partial charge is 0.338 e. The summed E-state index contributed by atoms with van der Waals surface area (Å²) in [5, 5.41) is 4.04. The van der Waals surface area contributed by atoms with Crippen LogP contribution >= 0.6 is 15.9 Å². The van der Waals surface area contributed by atoms with Crippen LogP contribution in [0.15, 0.2) is 29.0 Å². The molecule has 2 aromatic rings. The highest BCUT2D eigenvalue weighted by molar-refractivity contribution is 9.10. The lowest BCUT2D eigenvalue weighted by Gasteiger charge is -2.02. The fourth-order valence-corrected chi connectivity index (χ4v) is 1.55. The van der Waals surface area contributed by atoms with Gasteiger partial charge in [0, 0.05) is 12.4 Å². The van der Waals surface area contributed by atoms with Crippen LogP contribution < -0.4 is 5.73 Å². The van der Waals surface area contributed by atoms with Crippen molar-refractivity contribution in [2.75, 3.05) is 12.8 Å². The number of hydrogen-bond donors (Lipinski definition) is 1. The summed E-state index contributed by atoms with van der Waals surface area (Å²) in [6, 6.07) is 3.14. The number of nitrogen functional groups attached to an aromatic ring is 1. The number of carbonyl (C=O) groups is 1. The topological polar surface area (TPSA) is 83.0 Å². The van der Waals surface area contributed by atoms with Crippen molar-refractivity contribution in [3.05, 3.63) is 34.6 Å². The van der Waals surface area contributed by atoms with E-state index >= 15 is 0 Å². The third-order valence-electron chi connectivity index (χ3n) is 2.10. The Bertz CT molecular complexity index is 548. The standard InChI is InChI=1S/C10H9BrN4O2/c1-17-10(16)6-2-3-13-8(4-6)15-5-7(11)9(12)14-15/h2-5H,1H3,(H2,12,14). The highest BCUT2D eigenvalue weighted by atomic mass is 79.9. The maximum absolute atomic E-state index is 11.4. The summed E-state index contributed by atoms with van der Waals surface area (Å²) in [5.41, 5.74) is 6.01. The summed E-state index contributed by atoms with van der Waals surface area (Å²) in [6.07, 6.45) is 3.17. The van der Waals surface area contributed by atoms with Crippen molar-refractivity contribution < 1.29 is 9.53 Å². The number of ether oxygens (including phenoxy) is 1. The fourth-order valence-electron chi connectivity index (χ4n) is 1.27. The van der Waals surface area contributed by atoms with Gasteiger partial charge < -0.3 is 10.5 Å². The Morgan fingerprint density at radius 2 is 2.35 bits per heavy atom. The van der Waals surface area contributed by atoms with Crippen LogP contribution in [0.25, 0.3) is 5.82 Å². The van der Waals surface area contributed by atoms with Gasteiger partial charge in [0.2, 0.25) is 0 Å². The van der Waals surface area contributed by atoms with E-state index < -0.39 is 5.97 Å². The number of carbonyl (C=O) groups excluding carboxylic acids is 1. The second kappa shape index (κ2) is 4.54. The maximum Gasteiger partial charge on any atom is 0.338 e. The van der Waals surface area contributed by atoms with E-state index in [4.69, 9.17) is 5.73 Å². The SMILES string of the molecule is COC(=O)c1ccnc(-n2cc(Br)c(N)n2)c1. The van der Waals surface area contributed by atoms with Crippen molar-refractivity contribution in [1.29, 1.82) is 0 Å². The first-order chi connectivity index (χ1) is 8.11. The molecular weight excluding hydrogens is 288 g/mol. The van der Waals surface area contributed by atoms with Gasteiger partial charge >= 0.3 is 5.97 Å². The van der Waals surface area contributed by atoms with Crippen molar-refractivity contribution >= 4 is 27.7 Å². The molecule has 0 fully saturated rings. The second-order valence-electron chi connectivity index (χ2n) is 3.20. The van der Waals surface area contributed by atoms with E-state index in [9.17, 15) is 4.79 Å². The van der Waals surface area contributed by atoms with E-state index in [-0.39, 0.29) is 0 Å². The first-order valence-electron chi connectivity index (χ1n) is 4.67. The lowest BCUT2D eigenvalue weighted by atomic mass is 10.2. The van der Waals surface area contributed by atoms with Crippen molar-refractivity contribution in [3.8, 4) is 5.82 Å². The largest absolute Gasteiger partial charge is 0.465 e. The number of aromatic nitrogens is 3. The van der Waals surface area contributed by atoms with Crippen LogP contribution in [0.2, 0.25) is 0 Å². The molecule has 0 saturated heterocycles. The summed E-state index contributed by atoms with van der Waals surface area (Å²) in [7, 11) is 1.32.